The summed E-state index contributed by atoms with van der Waals surface area (Å²) in [4.78, 5) is 11.8. The fourth-order valence-electron chi connectivity index (χ4n) is 1.74. The summed E-state index contributed by atoms with van der Waals surface area (Å²) in [6.45, 7) is 0. The smallest absolute Gasteiger partial charge is 0.228 e. The summed E-state index contributed by atoms with van der Waals surface area (Å²) in [5.41, 5.74) is 0.620. The maximum absolute atomic E-state index is 13.4. The quantitative estimate of drug-likeness (QED) is 0.933. The van der Waals surface area contributed by atoms with Gasteiger partial charge in [0.2, 0.25) is 5.91 Å². The third-order valence-electron chi connectivity index (χ3n) is 2.70. The van der Waals surface area contributed by atoms with Gasteiger partial charge >= 0.3 is 0 Å². The molecule has 0 aliphatic heterocycles. The van der Waals surface area contributed by atoms with Gasteiger partial charge in [0.15, 0.2) is 11.6 Å². The van der Waals surface area contributed by atoms with Crippen LogP contribution in [-0.2, 0) is 11.2 Å². The average Bonchev–Trinajstić information content (AvgIpc) is 2.44. The first kappa shape index (κ1) is 13.7. The van der Waals surface area contributed by atoms with Crippen molar-refractivity contribution in [3.8, 4) is 6.07 Å². The number of halogens is 2. The van der Waals surface area contributed by atoms with E-state index in [4.69, 9.17) is 5.26 Å². The number of rotatable bonds is 3. The Bertz CT molecular complexity index is 693. The second kappa shape index (κ2) is 5.93. The molecule has 0 aliphatic carbocycles. The van der Waals surface area contributed by atoms with Crippen LogP contribution in [0.3, 0.4) is 0 Å². The van der Waals surface area contributed by atoms with E-state index in [9.17, 15) is 13.6 Å². The summed E-state index contributed by atoms with van der Waals surface area (Å²) in [5, 5.41) is 11.4. The Hall–Kier alpha value is -2.74. The van der Waals surface area contributed by atoms with E-state index in [1.54, 1.807) is 24.3 Å². The van der Waals surface area contributed by atoms with Crippen LogP contribution < -0.4 is 5.32 Å². The third-order valence-corrected chi connectivity index (χ3v) is 2.70. The van der Waals surface area contributed by atoms with Gasteiger partial charge in [-0.1, -0.05) is 24.3 Å². The molecule has 0 heterocycles. The molecule has 3 nitrogen and oxygen atoms in total. The summed E-state index contributed by atoms with van der Waals surface area (Å²) in [6.07, 6.45) is -0.302. The van der Waals surface area contributed by atoms with Gasteiger partial charge in [-0.15, -0.1) is 0 Å². The van der Waals surface area contributed by atoms with E-state index < -0.39 is 17.5 Å². The van der Waals surface area contributed by atoms with Crippen molar-refractivity contribution in [1.29, 1.82) is 5.26 Å². The van der Waals surface area contributed by atoms with Gasteiger partial charge in [0, 0.05) is 5.56 Å². The molecule has 0 atom stereocenters. The summed E-state index contributed by atoms with van der Waals surface area (Å²) in [7, 11) is 0. The Morgan fingerprint density at radius 2 is 1.90 bits per heavy atom. The van der Waals surface area contributed by atoms with Crippen molar-refractivity contribution in [2.24, 2.45) is 0 Å². The van der Waals surface area contributed by atoms with Crippen LogP contribution in [-0.4, -0.2) is 5.91 Å². The van der Waals surface area contributed by atoms with Gasteiger partial charge in [0.05, 0.1) is 17.7 Å². The molecule has 0 saturated heterocycles. The maximum Gasteiger partial charge on any atom is 0.228 e. The van der Waals surface area contributed by atoms with E-state index in [0.717, 1.165) is 6.07 Å². The van der Waals surface area contributed by atoms with Crippen LogP contribution in [0.4, 0.5) is 14.5 Å². The number of para-hydroxylation sites is 1. The third kappa shape index (κ3) is 2.98. The van der Waals surface area contributed by atoms with Crippen LogP contribution in [0.5, 0.6) is 0 Å². The van der Waals surface area contributed by atoms with Crippen molar-refractivity contribution in [3.63, 3.8) is 0 Å². The Labute approximate surface area is 114 Å². The molecule has 100 valence electrons. The number of nitrogens with zero attached hydrogens (tertiary/aromatic N) is 1. The molecule has 2 aromatic carbocycles. The van der Waals surface area contributed by atoms with Gasteiger partial charge < -0.3 is 5.32 Å². The van der Waals surface area contributed by atoms with Crippen LogP contribution in [0.15, 0.2) is 42.5 Å². The van der Waals surface area contributed by atoms with Crippen molar-refractivity contribution < 1.29 is 13.6 Å². The van der Waals surface area contributed by atoms with E-state index in [0.29, 0.717) is 11.3 Å². The number of nitriles is 1. The van der Waals surface area contributed by atoms with Crippen molar-refractivity contribution in [1.82, 2.24) is 0 Å². The number of nitrogens with one attached hydrogen (secondary N) is 1. The lowest BCUT2D eigenvalue weighted by molar-refractivity contribution is -0.115. The van der Waals surface area contributed by atoms with Crippen molar-refractivity contribution >= 4 is 11.6 Å². The fraction of sp³-hybridized carbons (Fsp3) is 0.0667. The highest BCUT2D eigenvalue weighted by molar-refractivity contribution is 5.93. The molecule has 20 heavy (non-hydrogen) atoms. The highest BCUT2D eigenvalue weighted by atomic mass is 19.2. The molecular formula is C15H10F2N2O. The molecule has 0 aromatic heterocycles. The van der Waals surface area contributed by atoms with Gasteiger partial charge in [-0.2, -0.15) is 5.26 Å². The molecule has 2 aromatic rings. The van der Waals surface area contributed by atoms with Crippen molar-refractivity contribution in [2.45, 2.75) is 6.42 Å². The summed E-state index contributed by atoms with van der Waals surface area (Å²) in [5.74, 6) is -2.54. The Morgan fingerprint density at radius 3 is 2.65 bits per heavy atom. The van der Waals surface area contributed by atoms with Gasteiger partial charge in [-0.3, -0.25) is 4.79 Å². The molecule has 0 bridgehead atoms. The number of carbonyl (C=O) groups excluding carboxylic acids is 1. The zero-order valence-electron chi connectivity index (χ0n) is 10.4. The van der Waals surface area contributed by atoms with Crippen LogP contribution >= 0.6 is 0 Å². The lowest BCUT2D eigenvalue weighted by Gasteiger charge is -2.07. The largest absolute Gasteiger partial charge is 0.325 e. The van der Waals surface area contributed by atoms with Crippen LogP contribution in [0.25, 0.3) is 0 Å². The highest BCUT2D eigenvalue weighted by Gasteiger charge is 2.12. The van der Waals surface area contributed by atoms with Gasteiger partial charge in [0.25, 0.3) is 0 Å². The molecule has 0 saturated carbocycles. The molecule has 5 heteroatoms. The molecule has 1 amide bonds. The number of carbonyl (C=O) groups is 1. The van der Waals surface area contributed by atoms with E-state index >= 15 is 0 Å². The first-order valence-corrected chi connectivity index (χ1v) is 5.83. The molecule has 0 radical (unpaired) electrons. The topological polar surface area (TPSA) is 52.9 Å². The number of hydrogen-bond acceptors (Lipinski definition) is 2. The maximum atomic E-state index is 13.4. The zero-order valence-corrected chi connectivity index (χ0v) is 10.4. The molecule has 0 aliphatic rings. The first-order valence-electron chi connectivity index (χ1n) is 5.83. The van der Waals surface area contributed by atoms with Crippen molar-refractivity contribution in [3.05, 3.63) is 65.2 Å². The predicted octanol–water partition coefficient (Wildman–Crippen LogP) is 3.02. The number of benzene rings is 2. The highest BCUT2D eigenvalue weighted by Crippen LogP contribution is 2.16. The van der Waals surface area contributed by atoms with Crippen molar-refractivity contribution in [2.75, 3.05) is 5.32 Å². The van der Waals surface area contributed by atoms with E-state index in [2.05, 4.69) is 5.32 Å². The Morgan fingerprint density at radius 1 is 1.15 bits per heavy atom. The molecular weight excluding hydrogens is 262 g/mol. The summed E-state index contributed by atoms with van der Waals surface area (Å²) >= 11 is 0. The standard InChI is InChI=1S/C15H10F2N2O/c16-12-6-3-5-10(15(12)17)8-14(20)19-13-7-2-1-4-11(13)9-18/h1-7H,8H2,(H,19,20). The minimum absolute atomic E-state index is 0.0306. The summed E-state index contributed by atoms with van der Waals surface area (Å²) < 4.78 is 26.5. The Balaban J connectivity index is 2.14. The molecule has 0 spiro atoms. The van der Waals surface area contributed by atoms with Gasteiger partial charge in [-0.25, -0.2) is 8.78 Å². The van der Waals surface area contributed by atoms with E-state index in [1.807, 2.05) is 6.07 Å². The minimum atomic E-state index is -1.03. The second-order valence-electron chi connectivity index (χ2n) is 4.10. The van der Waals surface area contributed by atoms with Crippen LogP contribution in [0.1, 0.15) is 11.1 Å². The fourth-order valence-corrected chi connectivity index (χ4v) is 1.74. The monoisotopic (exact) mass is 272 g/mol. The minimum Gasteiger partial charge on any atom is -0.325 e. The predicted molar refractivity (Wildman–Crippen MR) is 69.8 cm³/mol. The lowest BCUT2D eigenvalue weighted by atomic mass is 10.1. The Kier molecular flexibility index (Phi) is 4.06. The number of amides is 1. The molecule has 0 fully saturated rings. The zero-order chi connectivity index (χ0) is 14.5. The first-order chi connectivity index (χ1) is 9.61. The van der Waals surface area contributed by atoms with E-state index in [-0.39, 0.29) is 12.0 Å². The number of hydrogen-bond donors (Lipinski definition) is 1. The average molecular weight is 272 g/mol. The normalized spacial score (nSPS) is 9.85. The van der Waals surface area contributed by atoms with Crippen LogP contribution in [0, 0.1) is 23.0 Å². The molecule has 2 rings (SSSR count). The SMILES string of the molecule is N#Cc1ccccc1NC(=O)Cc1cccc(F)c1F. The van der Waals surface area contributed by atoms with E-state index in [1.165, 1.54) is 12.1 Å². The van der Waals surface area contributed by atoms with Crippen LogP contribution in [0.2, 0.25) is 0 Å². The number of anilines is 1. The molecule has 1 N–H and O–H groups in total. The molecule has 0 unspecified atom stereocenters. The second-order valence-corrected chi connectivity index (χ2v) is 4.10. The van der Waals surface area contributed by atoms with Gasteiger partial charge in [0.1, 0.15) is 6.07 Å². The summed E-state index contributed by atoms with van der Waals surface area (Å²) in [6, 6.07) is 12.1. The van der Waals surface area contributed by atoms with Gasteiger partial charge in [-0.05, 0) is 18.2 Å². The lowest BCUT2D eigenvalue weighted by Crippen LogP contribution is -2.16.